The van der Waals surface area contributed by atoms with E-state index in [0.717, 1.165) is 16.5 Å². The van der Waals surface area contributed by atoms with Crippen LogP contribution in [0.1, 0.15) is 22.8 Å². The molecule has 0 heterocycles. The Labute approximate surface area is 186 Å². The number of hydrazine groups is 1. The first-order chi connectivity index (χ1) is 13.9. The van der Waals surface area contributed by atoms with E-state index < -0.39 is 11.8 Å². The Morgan fingerprint density at radius 2 is 1.72 bits per heavy atom. The van der Waals surface area contributed by atoms with Crippen LogP contribution in [0.5, 0.6) is 11.5 Å². The van der Waals surface area contributed by atoms with Gasteiger partial charge in [0.15, 0.2) is 6.61 Å². The molecule has 0 aliphatic carbocycles. The molecule has 7 nitrogen and oxygen atoms in total. The van der Waals surface area contributed by atoms with Gasteiger partial charge in [-0.2, -0.15) is 0 Å². The van der Waals surface area contributed by atoms with Crippen LogP contribution in [0.25, 0.3) is 0 Å². The number of carbonyl (C=O) groups is 2. The summed E-state index contributed by atoms with van der Waals surface area (Å²) in [6.45, 7) is 2.49. The van der Waals surface area contributed by atoms with Crippen molar-refractivity contribution >= 4 is 43.7 Å². The number of nitrogens with one attached hydrogen (secondary N) is 2. The number of aryl methyl sites for hydroxylation is 1. The van der Waals surface area contributed by atoms with Gasteiger partial charge >= 0.3 is 0 Å². The SMILES string of the molecule is CCc1ccc(OCC(=O)NNC(=O)c2cc(Br)ccc2OCCOC)c(Br)c1. The number of rotatable bonds is 9. The lowest BCUT2D eigenvalue weighted by Gasteiger charge is -2.13. The van der Waals surface area contributed by atoms with Gasteiger partial charge in [0.2, 0.25) is 0 Å². The van der Waals surface area contributed by atoms with Gasteiger partial charge in [0.05, 0.1) is 16.6 Å². The fourth-order valence-electron chi connectivity index (χ4n) is 2.29. The van der Waals surface area contributed by atoms with E-state index in [2.05, 4.69) is 49.6 Å². The minimum absolute atomic E-state index is 0.250. The smallest absolute Gasteiger partial charge is 0.276 e. The number of amides is 2. The van der Waals surface area contributed by atoms with Gasteiger partial charge in [0, 0.05) is 11.6 Å². The third-order valence-electron chi connectivity index (χ3n) is 3.81. The third-order valence-corrected chi connectivity index (χ3v) is 4.92. The summed E-state index contributed by atoms with van der Waals surface area (Å²) in [6.07, 6.45) is 0.901. The number of carbonyl (C=O) groups excluding carboxylic acids is 2. The predicted octanol–water partition coefficient (Wildman–Crippen LogP) is 3.64. The van der Waals surface area contributed by atoms with Crippen molar-refractivity contribution in [1.29, 1.82) is 0 Å². The maximum atomic E-state index is 12.4. The highest BCUT2D eigenvalue weighted by molar-refractivity contribution is 9.10. The molecule has 0 aliphatic heterocycles. The first kappa shape index (κ1) is 23.2. The summed E-state index contributed by atoms with van der Waals surface area (Å²) in [5.41, 5.74) is 6.12. The molecular formula is C20H22Br2N2O5. The molecule has 2 N–H and O–H groups in total. The number of halogens is 2. The van der Waals surface area contributed by atoms with Gasteiger partial charge in [-0.25, -0.2) is 0 Å². The summed E-state index contributed by atoms with van der Waals surface area (Å²) in [7, 11) is 1.56. The van der Waals surface area contributed by atoms with Crippen molar-refractivity contribution in [3.8, 4) is 11.5 Å². The van der Waals surface area contributed by atoms with Crippen LogP contribution in [0.4, 0.5) is 0 Å². The van der Waals surface area contributed by atoms with Crippen molar-refractivity contribution in [3.63, 3.8) is 0 Å². The molecule has 0 saturated heterocycles. The number of hydrogen-bond acceptors (Lipinski definition) is 5. The van der Waals surface area contributed by atoms with E-state index >= 15 is 0 Å². The highest BCUT2D eigenvalue weighted by Crippen LogP contribution is 2.26. The first-order valence-corrected chi connectivity index (χ1v) is 10.4. The average molecular weight is 530 g/mol. The van der Waals surface area contributed by atoms with Gasteiger partial charge in [-0.3, -0.25) is 20.4 Å². The molecule has 0 unspecified atom stereocenters. The zero-order valence-electron chi connectivity index (χ0n) is 16.1. The summed E-state index contributed by atoms with van der Waals surface area (Å²) in [4.78, 5) is 24.5. The molecule has 2 amide bonds. The third kappa shape index (κ3) is 7.34. The van der Waals surface area contributed by atoms with Crippen molar-refractivity contribution in [2.45, 2.75) is 13.3 Å². The van der Waals surface area contributed by atoms with E-state index in [1.54, 1.807) is 31.4 Å². The minimum Gasteiger partial charge on any atom is -0.490 e. The Hall–Kier alpha value is -2.10. The molecule has 9 heteroatoms. The molecule has 0 saturated carbocycles. The Bertz CT molecular complexity index is 861. The van der Waals surface area contributed by atoms with Crippen LogP contribution in [0.3, 0.4) is 0 Å². The van der Waals surface area contributed by atoms with E-state index in [9.17, 15) is 9.59 Å². The van der Waals surface area contributed by atoms with Crippen LogP contribution in [0.15, 0.2) is 45.3 Å². The van der Waals surface area contributed by atoms with Crippen molar-refractivity contribution in [2.24, 2.45) is 0 Å². The van der Waals surface area contributed by atoms with E-state index in [4.69, 9.17) is 14.2 Å². The van der Waals surface area contributed by atoms with E-state index in [-0.39, 0.29) is 12.2 Å². The quantitative estimate of drug-likeness (QED) is 0.382. The number of ether oxygens (including phenoxy) is 3. The van der Waals surface area contributed by atoms with Crippen LogP contribution in [0.2, 0.25) is 0 Å². The summed E-state index contributed by atoms with van der Waals surface area (Å²) in [6, 6.07) is 10.7. The Balaban J connectivity index is 1.90. The summed E-state index contributed by atoms with van der Waals surface area (Å²) in [5.74, 6) is -0.0834. The lowest BCUT2D eigenvalue weighted by molar-refractivity contribution is -0.123. The van der Waals surface area contributed by atoms with E-state index in [1.807, 2.05) is 12.1 Å². The number of benzene rings is 2. The Kier molecular flexibility index (Phi) is 9.43. The molecule has 0 spiro atoms. The fourth-order valence-corrected chi connectivity index (χ4v) is 3.20. The second kappa shape index (κ2) is 11.8. The molecule has 29 heavy (non-hydrogen) atoms. The lowest BCUT2D eigenvalue weighted by Crippen LogP contribution is -2.44. The van der Waals surface area contributed by atoms with Gasteiger partial charge in [0.25, 0.3) is 11.8 Å². The second-order valence-electron chi connectivity index (χ2n) is 5.89. The second-order valence-corrected chi connectivity index (χ2v) is 7.66. The maximum Gasteiger partial charge on any atom is 0.276 e. The predicted molar refractivity (Wildman–Crippen MR) is 116 cm³/mol. The van der Waals surface area contributed by atoms with E-state index in [1.165, 1.54) is 0 Å². The Morgan fingerprint density at radius 1 is 0.966 bits per heavy atom. The van der Waals surface area contributed by atoms with Crippen LogP contribution in [-0.2, 0) is 16.0 Å². The molecule has 0 aliphatic rings. The largest absolute Gasteiger partial charge is 0.490 e. The molecule has 2 aromatic carbocycles. The monoisotopic (exact) mass is 528 g/mol. The molecule has 2 aromatic rings. The van der Waals surface area contributed by atoms with Gasteiger partial charge in [0.1, 0.15) is 18.1 Å². The van der Waals surface area contributed by atoms with Crippen molar-refractivity contribution in [2.75, 3.05) is 26.9 Å². The molecule has 0 bridgehead atoms. The van der Waals surface area contributed by atoms with Gasteiger partial charge in [-0.05, 0) is 58.2 Å². The summed E-state index contributed by atoms with van der Waals surface area (Å²) < 4.78 is 17.4. The van der Waals surface area contributed by atoms with Crippen LogP contribution < -0.4 is 20.3 Å². The van der Waals surface area contributed by atoms with Gasteiger partial charge < -0.3 is 14.2 Å². The van der Waals surface area contributed by atoms with Crippen LogP contribution >= 0.6 is 31.9 Å². The number of hydrogen-bond donors (Lipinski definition) is 2. The minimum atomic E-state index is -0.513. The van der Waals surface area contributed by atoms with E-state index in [0.29, 0.717) is 29.2 Å². The molecule has 0 aromatic heterocycles. The van der Waals surface area contributed by atoms with Crippen LogP contribution in [0, 0.1) is 0 Å². The first-order valence-electron chi connectivity index (χ1n) is 8.86. The van der Waals surface area contributed by atoms with Gasteiger partial charge in [-0.15, -0.1) is 0 Å². The molecule has 2 rings (SSSR count). The molecule has 0 radical (unpaired) electrons. The maximum absolute atomic E-state index is 12.4. The Morgan fingerprint density at radius 3 is 2.41 bits per heavy atom. The summed E-state index contributed by atoms with van der Waals surface area (Å²) in [5, 5.41) is 0. The van der Waals surface area contributed by atoms with Crippen molar-refractivity contribution in [1.82, 2.24) is 10.9 Å². The van der Waals surface area contributed by atoms with Crippen molar-refractivity contribution in [3.05, 3.63) is 56.5 Å². The summed E-state index contributed by atoms with van der Waals surface area (Å²) >= 11 is 6.74. The van der Waals surface area contributed by atoms with Crippen molar-refractivity contribution < 1.29 is 23.8 Å². The fraction of sp³-hybridized carbons (Fsp3) is 0.300. The molecule has 0 fully saturated rings. The molecule has 0 atom stereocenters. The zero-order valence-corrected chi connectivity index (χ0v) is 19.3. The highest BCUT2D eigenvalue weighted by atomic mass is 79.9. The van der Waals surface area contributed by atoms with Gasteiger partial charge in [-0.1, -0.05) is 28.9 Å². The topological polar surface area (TPSA) is 85.9 Å². The highest BCUT2D eigenvalue weighted by Gasteiger charge is 2.15. The molecule has 156 valence electrons. The lowest BCUT2D eigenvalue weighted by atomic mass is 10.2. The molecular weight excluding hydrogens is 508 g/mol. The zero-order chi connectivity index (χ0) is 21.2. The normalized spacial score (nSPS) is 10.3. The number of methoxy groups -OCH3 is 1. The van der Waals surface area contributed by atoms with Crippen LogP contribution in [-0.4, -0.2) is 38.7 Å². The standard InChI is InChI=1S/C20H22Br2N2O5/c1-3-13-4-6-18(16(22)10-13)29-12-19(25)23-24-20(26)15-11-14(21)5-7-17(15)28-9-8-27-2/h4-7,10-11H,3,8-9,12H2,1-2H3,(H,23,25)(H,24,26). The average Bonchev–Trinajstić information content (AvgIpc) is 2.72.